The largest absolute Gasteiger partial charge is 0.368 e. The molecular formula is C50H91N. The van der Waals surface area contributed by atoms with Gasteiger partial charge in [0.2, 0.25) is 0 Å². The minimum absolute atomic E-state index is 0.907. The van der Waals surface area contributed by atoms with E-state index in [1.165, 1.54) is 90.3 Å². The lowest BCUT2D eigenvalue weighted by molar-refractivity contribution is 0.886. The number of hydrogen-bond acceptors (Lipinski definition) is 1. The summed E-state index contributed by atoms with van der Waals surface area (Å²) in [4.78, 5) is 0. The van der Waals surface area contributed by atoms with Crippen LogP contribution in [0.1, 0.15) is 179 Å². The number of benzene rings is 1. The molecule has 1 aromatic carbocycles. The van der Waals surface area contributed by atoms with Crippen LogP contribution >= 0.6 is 0 Å². The van der Waals surface area contributed by atoms with E-state index in [-0.39, 0.29) is 0 Å². The second kappa shape index (κ2) is 46.9. The minimum atomic E-state index is 0.907. The summed E-state index contributed by atoms with van der Waals surface area (Å²) in [7, 11) is 0. The zero-order valence-corrected chi connectivity index (χ0v) is 38.0. The average molecular weight is 706 g/mol. The van der Waals surface area contributed by atoms with Crippen molar-refractivity contribution < 1.29 is 0 Å². The van der Waals surface area contributed by atoms with Crippen LogP contribution in [0.3, 0.4) is 0 Å². The van der Waals surface area contributed by atoms with Crippen molar-refractivity contribution in [1.29, 1.82) is 0 Å². The lowest BCUT2D eigenvalue weighted by Gasteiger charge is -2.01. The fourth-order valence-electron chi connectivity index (χ4n) is 2.90. The Kier molecular flexibility index (Phi) is 55.3. The fraction of sp³-hybridized carbons (Fsp3) is 0.560. The van der Waals surface area contributed by atoms with E-state index in [0.29, 0.717) is 0 Å². The molecule has 1 nitrogen and oxygen atoms in total. The Labute approximate surface area is 324 Å². The predicted octanol–water partition coefficient (Wildman–Crippen LogP) is 17.5. The summed E-state index contributed by atoms with van der Waals surface area (Å²) in [5.41, 5.74) is 11.8. The van der Waals surface area contributed by atoms with Crippen LogP contribution in [0.2, 0.25) is 0 Å². The maximum atomic E-state index is 3.82. The average Bonchev–Trinajstić information content (AvgIpc) is 3.99. The van der Waals surface area contributed by atoms with E-state index in [0.717, 1.165) is 23.5 Å². The molecule has 0 amide bonds. The predicted molar refractivity (Wildman–Crippen MR) is 245 cm³/mol. The normalized spacial score (nSPS) is 11.5. The Morgan fingerprint density at radius 2 is 1.20 bits per heavy atom. The van der Waals surface area contributed by atoms with Gasteiger partial charge >= 0.3 is 0 Å². The number of unbranched alkanes of at least 4 members (excludes halogenated alkanes) is 2. The van der Waals surface area contributed by atoms with Crippen LogP contribution in [-0.4, -0.2) is 0 Å². The molecule has 1 N–H and O–H groups in total. The van der Waals surface area contributed by atoms with Crippen molar-refractivity contribution in [3.8, 4) is 0 Å². The summed E-state index contributed by atoms with van der Waals surface area (Å²) in [6, 6.07) is 6.64. The van der Waals surface area contributed by atoms with E-state index in [1.54, 1.807) is 6.20 Å². The third-order valence-electron chi connectivity index (χ3n) is 7.66. The molecule has 2 rings (SSSR count). The molecule has 296 valence electrons. The van der Waals surface area contributed by atoms with Gasteiger partial charge in [0.05, 0.1) is 0 Å². The first-order chi connectivity index (χ1) is 24.0. The van der Waals surface area contributed by atoms with Crippen LogP contribution in [0.25, 0.3) is 0 Å². The van der Waals surface area contributed by atoms with E-state index in [2.05, 4.69) is 145 Å². The van der Waals surface area contributed by atoms with Crippen LogP contribution in [0, 0.1) is 19.8 Å². The van der Waals surface area contributed by atoms with Gasteiger partial charge in [-0.3, -0.25) is 0 Å². The molecule has 0 aromatic heterocycles. The maximum Gasteiger partial charge on any atom is -0.000664 e. The first-order valence-electron chi connectivity index (χ1n) is 20.0. The van der Waals surface area contributed by atoms with Crippen molar-refractivity contribution in [2.75, 3.05) is 0 Å². The highest BCUT2D eigenvalue weighted by Crippen LogP contribution is 2.34. The van der Waals surface area contributed by atoms with E-state index < -0.39 is 0 Å². The number of aryl methyl sites for hydroxylation is 3. The maximum absolute atomic E-state index is 3.82. The molecule has 1 fully saturated rings. The van der Waals surface area contributed by atoms with Gasteiger partial charge in [-0.1, -0.05) is 184 Å². The van der Waals surface area contributed by atoms with Gasteiger partial charge < -0.3 is 5.32 Å². The highest BCUT2D eigenvalue weighted by Gasteiger charge is 2.20. The first-order valence-corrected chi connectivity index (χ1v) is 20.0. The third kappa shape index (κ3) is 53.9. The summed E-state index contributed by atoms with van der Waals surface area (Å²) in [5, 5.41) is 2.93. The number of rotatable bonds is 11. The van der Waals surface area contributed by atoms with Gasteiger partial charge in [0.1, 0.15) is 0 Å². The first kappa shape index (κ1) is 60.1. The van der Waals surface area contributed by atoms with Crippen molar-refractivity contribution in [2.45, 2.75) is 182 Å². The second-order valence-corrected chi connectivity index (χ2v) is 12.9. The van der Waals surface area contributed by atoms with Crippen LogP contribution in [0.5, 0.6) is 0 Å². The van der Waals surface area contributed by atoms with E-state index in [1.807, 2.05) is 59.9 Å². The lowest BCUT2D eigenvalue weighted by Crippen LogP contribution is -1.92. The third-order valence-corrected chi connectivity index (χ3v) is 7.66. The van der Waals surface area contributed by atoms with Gasteiger partial charge in [0, 0.05) is 0 Å². The van der Waals surface area contributed by atoms with Gasteiger partial charge in [-0.05, 0) is 136 Å². The van der Waals surface area contributed by atoms with Gasteiger partial charge in [0.15, 0.2) is 0 Å². The second-order valence-electron chi connectivity index (χ2n) is 12.9. The highest BCUT2D eigenvalue weighted by atomic mass is 14.8. The quantitative estimate of drug-likeness (QED) is 0.178. The molecule has 0 atom stereocenters. The molecule has 1 heteroatoms. The molecule has 0 radical (unpaired) electrons. The summed E-state index contributed by atoms with van der Waals surface area (Å²) in [6.07, 6.45) is 23.4. The van der Waals surface area contributed by atoms with Gasteiger partial charge in [-0.2, -0.15) is 0 Å². The topological polar surface area (TPSA) is 12.0 Å². The zero-order chi connectivity index (χ0) is 41.2. The monoisotopic (exact) mass is 706 g/mol. The van der Waals surface area contributed by atoms with E-state index in [4.69, 9.17) is 0 Å². The number of hydrogen-bond donors (Lipinski definition) is 1. The van der Waals surface area contributed by atoms with Crippen molar-refractivity contribution >= 4 is 0 Å². The van der Waals surface area contributed by atoms with Crippen LogP contribution in [-0.2, 0) is 6.42 Å². The molecular weight excluding hydrogens is 615 g/mol. The Hall–Kier alpha value is -3.06. The van der Waals surface area contributed by atoms with Crippen molar-refractivity contribution in [3.63, 3.8) is 0 Å². The Morgan fingerprint density at radius 1 is 0.725 bits per heavy atom. The molecule has 1 aliphatic carbocycles. The molecule has 0 unspecified atom stereocenters. The SMILES string of the molecule is C=C(C)/C(C)=C/C.C=C(C)/C(C)=C\C=C/C.C=C(C)C1CC1.C=CN/C=C(\C)CCC.CC.CCCC.CCCC.CCc1ccc(C)c(C)c1. The van der Waals surface area contributed by atoms with E-state index >= 15 is 0 Å². The molecule has 0 spiro atoms. The van der Waals surface area contributed by atoms with Gasteiger partial charge in [-0.15, -0.1) is 0 Å². The summed E-state index contributed by atoms with van der Waals surface area (Å²) in [6.45, 7) is 52.7. The Balaban J connectivity index is -0.000000117. The summed E-state index contributed by atoms with van der Waals surface area (Å²) in [5.74, 6) is 0.907. The molecule has 1 aliphatic rings. The lowest BCUT2D eigenvalue weighted by atomic mass is 10.1. The smallest absolute Gasteiger partial charge is 0.000664 e. The standard InChI is InChI=1S/C10H14.C9H14.C8H15N.C7H12.C6H10.2C4H10.C2H6/c1-4-10-6-5-8(2)9(3)7-10;1-5-6-7-9(4)8(2)3;1-4-6-8(3)7-9-5-2;1-5-7(4)6(2)3;1-5(2)6-3-4-6;2*1-3-4-2;1-2/h5-7H,4H2,1-3H3;5-7H,2H2,1,3-4H3;5,7,9H,2,4,6H2,1,3H3;5H,2H2,1,3-4H3;6H,1,3-4H2,2H3;2*3-4H2,1-2H3;1-2H3/b;6-5-,9-7-;8-7+;7-5+;;;;. The number of nitrogens with one attached hydrogen (secondary N) is 1. The van der Waals surface area contributed by atoms with Gasteiger partial charge in [-0.25, -0.2) is 0 Å². The molecule has 51 heavy (non-hydrogen) atoms. The Bertz CT molecular complexity index is 1070. The van der Waals surface area contributed by atoms with E-state index in [9.17, 15) is 0 Å². The van der Waals surface area contributed by atoms with Gasteiger partial charge in [0.25, 0.3) is 0 Å². The van der Waals surface area contributed by atoms with Crippen molar-refractivity contribution in [1.82, 2.24) is 5.32 Å². The molecule has 0 heterocycles. The van der Waals surface area contributed by atoms with Crippen molar-refractivity contribution in [2.24, 2.45) is 5.92 Å². The minimum Gasteiger partial charge on any atom is -0.368 e. The summed E-state index contributed by atoms with van der Waals surface area (Å²) < 4.78 is 0. The van der Waals surface area contributed by atoms with Crippen molar-refractivity contribution in [3.05, 3.63) is 131 Å². The Morgan fingerprint density at radius 3 is 1.43 bits per heavy atom. The van der Waals surface area contributed by atoms with Crippen LogP contribution < -0.4 is 5.32 Å². The fourth-order valence-corrected chi connectivity index (χ4v) is 2.90. The zero-order valence-electron chi connectivity index (χ0n) is 38.0. The van der Waals surface area contributed by atoms with Crippen LogP contribution in [0.4, 0.5) is 0 Å². The molecule has 0 saturated heterocycles. The molecule has 1 saturated carbocycles. The number of allylic oxidation sites excluding steroid dienone is 10. The summed E-state index contributed by atoms with van der Waals surface area (Å²) >= 11 is 0. The highest BCUT2D eigenvalue weighted by molar-refractivity contribution is 5.30. The molecule has 0 aliphatic heterocycles. The molecule has 1 aromatic rings. The van der Waals surface area contributed by atoms with Crippen LogP contribution in [0.15, 0.2) is 115 Å². The molecule has 0 bridgehead atoms.